The van der Waals surface area contributed by atoms with Crippen molar-refractivity contribution in [2.24, 2.45) is 0 Å². The minimum atomic E-state index is 0.0575. The van der Waals surface area contributed by atoms with Gasteiger partial charge in [0.05, 0.1) is 11.6 Å². The van der Waals surface area contributed by atoms with Crippen LogP contribution in [0.4, 0.5) is 0 Å². The number of aromatic hydroxyl groups is 2. The molecule has 78 valence electrons. The van der Waals surface area contributed by atoms with Gasteiger partial charge in [-0.05, 0) is 41.5 Å². The molecule has 2 N–H and O–H groups in total. The largest absolute Gasteiger partial charge is 0.508 e. The quantitative estimate of drug-likeness (QED) is 0.762. The van der Waals surface area contributed by atoms with Crippen LogP contribution in [0.15, 0.2) is 42.5 Å². The molecule has 3 nitrogen and oxygen atoms in total. The third-order valence-corrected chi connectivity index (χ3v) is 2.25. The van der Waals surface area contributed by atoms with E-state index in [4.69, 9.17) is 10.4 Å². The third kappa shape index (κ3) is 1.96. The minimum Gasteiger partial charge on any atom is -0.508 e. The van der Waals surface area contributed by atoms with Crippen LogP contribution in [0, 0.1) is 11.3 Å². The summed E-state index contributed by atoms with van der Waals surface area (Å²) in [6.45, 7) is 0. The molecule has 0 atom stereocenters. The van der Waals surface area contributed by atoms with E-state index >= 15 is 0 Å². The van der Waals surface area contributed by atoms with Gasteiger partial charge in [-0.15, -0.1) is 0 Å². The summed E-state index contributed by atoms with van der Waals surface area (Å²) in [4.78, 5) is 0. The molecule has 0 saturated heterocycles. The van der Waals surface area contributed by atoms with Crippen molar-refractivity contribution in [2.75, 3.05) is 0 Å². The van der Waals surface area contributed by atoms with Crippen molar-refractivity contribution in [2.45, 2.75) is 0 Å². The number of phenolic OH excluding ortho intramolecular Hbond substituents is 2. The van der Waals surface area contributed by atoms with Gasteiger partial charge in [0, 0.05) is 0 Å². The van der Waals surface area contributed by atoms with E-state index in [1.807, 2.05) is 6.07 Å². The highest BCUT2D eigenvalue weighted by Gasteiger charge is 2.02. The van der Waals surface area contributed by atoms with Crippen LogP contribution in [0.2, 0.25) is 0 Å². The molecule has 0 aliphatic carbocycles. The minimum absolute atomic E-state index is 0.0575. The van der Waals surface area contributed by atoms with Gasteiger partial charge < -0.3 is 10.2 Å². The van der Waals surface area contributed by atoms with Crippen LogP contribution in [0.1, 0.15) is 5.56 Å². The van der Waals surface area contributed by atoms with Gasteiger partial charge in [0.15, 0.2) is 0 Å². The average molecular weight is 211 g/mol. The molecule has 0 radical (unpaired) electrons. The molecule has 0 heterocycles. The molecular formula is C13H9NO2. The van der Waals surface area contributed by atoms with Crippen LogP contribution < -0.4 is 0 Å². The lowest BCUT2D eigenvalue weighted by Gasteiger charge is -2.03. The first-order valence-corrected chi connectivity index (χ1v) is 4.72. The zero-order chi connectivity index (χ0) is 11.5. The summed E-state index contributed by atoms with van der Waals surface area (Å²) in [6.07, 6.45) is 0. The van der Waals surface area contributed by atoms with E-state index in [0.29, 0.717) is 5.56 Å². The molecule has 0 aliphatic rings. The Labute approximate surface area is 92.8 Å². The SMILES string of the molecule is N#Cc1cc(O)cc(-c2ccc(O)cc2)c1. The van der Waals surface area contributed by atoms with Crippen LogP contribution >= 0.6 is 0 Å². The second-order valence-corrected chi connectivity index (χ2v) is 3.43. The maximum Gasteiger partial charge on any atom is 0.117 e. The Bertz CT molecular complexity index is 553. The van der Waals surface area contributed by atoms with Crippen LogP contribution in [0.5, 0.6) is 11.5 Å². The monoisotopic (exact) mass is 211 g/mol. The standard InChI is InChI=1S/C13H9NO2/c14-8-9-5-11(7-13(16)6-9)10-1-3-12(15)4-2-10/h1-7,15-16H. The molecule has 0 unspecified atom stereocenters. The molecule has 0 amide bonds. The fraction of sp³-hybridized carbons (Fsp3) is 0. The molecule has 0 aliphatic heterocycles. The molecule has 0 aromatic heterocycles. The number of nitriles is 1. The summed E-state index contributed by atoms with van der Waals surface area (Å²) >= 11 is 0. The number of rotatable bonds is 1. The number of hydrogen-bond donors (Lipinski definition) is 2. The first-order chi connectivity index (χ1) is 7.69. The highest BCUT2D eigenvalue weighted by Crippen LogP contribution is 2.26. The lowest BCUT2D eigenvalue weighted by Crippen LogP contribution is -1.80. The number of nitrogens with zero attached hydrogens (tertiary/aromatic N) is 1. The smallest absolute Gasteiger partial charge is 0.117 e. The molecular weight excluding hydrogens is 202 g/mol. The topological polar surface area (TPSA) is 64.2 Å². The van der Waals surface area contributed by atoms with Crippen LogP contribution in [-0.4, -0.2) is 10.2 Å². The molecule has 0 fully saturated rings. The van der Waals surface area contributed by atoms with Crippen LogP contribution in [-0.2, 0) is 0 Å². The second kappa shape index (κ2) is 3.95. The fourth-order valence-corrected chi connectivity index (χ4v) is 1.50. The highest BCUT2D eigenvalue weighted by molar-refractivity contribution is 5.67. The first kappa shape index (κ1) is 10.1. The highest BCUT2D eigenvalue weighted by atomic mass is 16.3. The van der Waals surface area contributed by atoms with Gasteiger partial charge in [0.2, 0.25) is 0 Å². The molecule has 2 rings (SSSR count). The van der Waals surface area contributed by atoms with Crippen molar-refractivity contribution in [1.82, 2.24) is 0 Å². The van der Waals surface area contributed by atoms with Crippen molar-refractivity contribution >= 4 is 0 Å². The fourth-order valence-electron chi connectivity index (χ4n) is 1.50. The average Bonchev–Trinajstić information content (AvgIpc) is 2.29. The Hall–Kier alpha value is -2.47. The lowest BCUT2D eigenvalue weighted by atomic mass is 10.0. The summed E-state index contributed by atoms with van der Waals surface area (Å²) in [7, 11) is 0. The zero-order valence-corrected chi connectivity index (χ0v) is 8.38. The van der Waals surface area contributed by atoms with Gasteiger partial charge in [0.25, 0.3) is 0 Å². The van der Waals surface area contributed by atoms with Crippen molar-refractivity contribution in [1.29, 1.82) is 5.26 Å². The van der Waals surface area contributed by atoms with Gasteiger partial charge >= 0.3 is 0 Å². The van der Waals surface area contributed by atoms with E-state index in [0.717, 1.165) is 11.1 Å². The Kier molecular flexibility index (Phi) is 2.49. The summed E-state index contributed by atoms with van der Waals surface area (Å²) < 4.78 is 0. The van der Waals surface area contributed by atoms with E-state index < -0.39 is 0 Å². The predicted molar refractivity (Wildman–Crippen MR) is 59.9 cm³/mol. The molecule has 0 bridgehead atoms. The summed E-state index contributed by atoms with van der Waals surface area (Å²) in [5, 5.41) is 27.4. The van der Waals surface area contributed by atoms with Gasteiger partial charge in [-0.1, -0.05) is 12.1 Å². The number of benzene rings is 2. The predicted octanol–water partition coefficient (Wildman–Crippen LogP) is 2.64. The Morgan fingerprint density at radius 2 is 1.50 bits per heavy atom. The summed E-state index contributed by atoms with van der Waals surface area (Å²) in [5.74, 6) is 0.242. The summed E-state index contributed by atoms with van der Waals surface area (Å²) in [6, 6.07) is 13.2. The van der Waals surface area contributed by atoms with Gasteiger partial charge in [-0.2, -0.15) is 5.26 Å². The maximum absolute atomic E-state index is 9.44. The van der Waals surface area contributed by atoms with E-state index in [1.54, 1.807) is 36.4 Å². The second-order valence-electron chi connectivity index (χ2n) is 3.43. The molecule has 0 saturated carbocycles. The van der Waals surface area contributed by atoms with Gasteiger partial charge in [-0.3, -0.25) is 0 Å². The van der Waals surface area contributed by atoms with Crippen molar-refractivity contribution in [3.05, 3.63) is 48.0 Å². The van der Waals surface area contributed by atoms with E-state index in [1.165, 1.54) is 6.07 Å². The van der Waals surface area contributed by atoms with Crippen LogP contribution in [0.25, 0.3) is 11.1 Å². The third-order valence-electron chi connectivity index (χ3n) is 2.25. The Balaban J connectivity index is 2.52. The molecule has 2 aromatic rings. The molecule has 2 aromatic carbocycles. The van der Waals surface area contributed by atoms with Gasteiger partial charge in [0.1, 0.15) is 11.5 Å². The maximum atomic E-state index is 9.44. The van der Waals surface area contributed by atoms with E-state index in [9.17, 15) is 5.11 Å². The number of phenols is 2. The van der Waals surface area contributed by atoms with Crippen LogP contribution in [0.3, 0.4) is 0 Å². The Morgan fingerprint density at radius 3 is 2.12 bits per heavy atom. The van der Waals surface area contributed by atoms with E-state index in [-0.39, 0.29) is 11.5 Å². The number of hydrogen-bond acceptors (Lipinski definition) is 3. The Morgan fingerprint density at radius 1 is 0.812 bits per heavy atom. The van der Waals surface area contributed by atoms with Crippen molar-refractivity contribution in [3.63, 3.8) is 0 Å². The van der Waals surface area contributed by atoms with Crippen molar-refractivity contribution < 1.29 is 10.2 Å². The van der Waals surface area contributed by atoms with Crippen molar-refractivity contribution in [3.8, 4) is 28.7 Å². The lowest BCUT2D eigenvalue weighted by molar-refractivity contribution is 0.475. The normalized spacial score (nSPS) is 9.69. The summed E-state index contributed by atoms with van der Waals surface area (Å²) in [5.41, 5.74) is 1.99. The molecule has 3 heteroatoms. The van der Waals surface area contributed by atoms with Gasteiger partial charge in [-0.25, -0.2) is 0 Å². The molecule has 0 spiro atoms. The van der Waals surface area contributed by atoms with E-state index in [2.05, 4.69) is 0 Å². The first-order valence-electron chi connectivity index (χ1n) is 4.72. The zero-order valence-electron chi connectivity index (χ0n) is 8.38. The molecule has 16 heavy (non-hydrogen) atoms.